The molecule has 0 amide bonds. The maximum atomic E-state index is 11.4. The molecule has 2 nitrogen and oxygen atoms in total. The fourth-order valence-electron chi connectivity index (χ4n) is 1.87. The van der Waals surface area contributed by atoms with Crippen molar-refractivity contribution in [3.8, 4) is 0 Å². The highest BCUT2D eigenvalue weighted by Crippen LogP contribution is 2.26. The van der Waals surface area contributed by atoms with E-state index in [0.29, 0.717) is 0 Å². The number of carbonyl (C=O) groups excluding carboxylic acids is 1. The first-order valence-electron chi connectivity index (χ1n) is 4.72. The van der Waals surface area contributed by atoms with Crippen molar-refractivity contribution >= 4 is 11.4 Å². The number of allylic oxidation sites excluding steroid dienone is 4. The molecule has 2 heteroatoms. The second-order valence-corrected chi connectivity index (χ2v) is 3.57. The second-order valence-electron chi connectivity index (χ2n) is 3.57. The van der Waals surface area contributed by atoms with Gasteiger partial charge in [-0.25, -0.2) is 0 Å². The van der Waals surface area contributed by atoms with Gasteiger partial charge in [0.15, 0.2) is 5.78 Å². The number of ketones is 1. The molecule has 0 atom stereocenters. The van der Waals surface area contributed by atoms with E-state index in [1.54, 1.807) is 6.92 Å². The van der Waals surface area contributed by atoms with Crippen molar-refractivity contribution in [1.82, 2.24) is 4.57 Å². The number of aryl methyl sites for hydroxylation is 1. The van der Waals surface area contributed by atoms with Gasteiger partial charge in [0.25, 0.3) is 0 Å². The monoisotopic (exact) mass is 187 g/mol. The molecule has 0 unspecified atom stereocenters. The summed E-state index contributed by atoms with van der Waals surface area (Å²) in [4.78, 5) is 11.4. The highest BCUT2D eigenvalue weighted by Gasteiger charge is 2.14. The van der Waals surface area contributed by atoms with Gasteiger partial charge in [0.1, 0.15) is 0 Å². The van der Waals surface area contributed by atoms with Crippen LogP contribution in [0.25, 0.3) is 5.57 Å². The molecule has 0 spiro atoms. The summed E-state index contributed by atoms with van der Waals surface area (Å²) in [6, 6.07) is 2.01. The Hall–Kier alpha value is -1.57. The third-order valence-electron chi connectivity index (χ3n) is 2.52. The van der Waals surface area contributed by atoms with Crippen molar-refractivity contribution in [2.75, 3.05) is 0 Å². The van der Waals surface area contributed by atoms with Crippen molar-refractivity contribution in [3.05, 3.63) is 41.7 Å². The average Bonchev–Trinajstić information content (AvgIpc) is 2.70. The molecule has 0 aromatic carbocycles. The lowest BCUT2D eigenvalue weighted by atomic mass is 10.0. The number of aromatic nitrogens is 1. The maximum Gasteiger partial charge on any atom is 0.176 e. The summed E-state index contributed by atoms with van der Waals surface area (Å²) in [5.41, 5.74) is 3.11. The third kappa shape index (κ3) is 1.33. The number of nitrogens with zero attached hydrogens (tertiary/aromatic N) is 1. The Morgan fingerprint density at radius 2 is 2.29 bits per heavy atom. The summed E-state index contributed by atoms with van der Waals surface area (Å²) in [5.74, 6) is 0.125. The van der Waals surface area contributed by atoms with E-state index in [9.17, 15) is 4.79 Å². The normalized spacial score (nSPS) is 14.6. The van der Waals surface area contributed by atoms with Gasteiger partial charge in [-0.15, -0.1) is 0 Å². The Balaban J connectivity index is 2.48. The van der Waals surface area contributed by atoms with Crippen LogP contribution in [0.1, 0.15) is 29.4 Å². The summed E-state index contributed by atoms with van der Waals surface area (Å²) >= 11 is 0. The van der Waals surface area contributed by atoms with E-state index in [-0.39, 0.29) is 5.78 Å². The Kier molecular flexibility index (Phi) is 2.12. The third-order valence-corrected chi connectivity index (χ3v) is 2.52. The molecule has 1 aliphatic rings. The standard InChI is InChI=1S/C12H13NO/c1-9(14)12-11(7-8-13(12)2)10-5-3-4-6-10/h3-5,7-8H,6H2,1-2H3. The molecule has 2 rings (SSSR count). The first-order valence-corrected chi connectivity index (χ1v) is 4.72. The van der Waals surface area contributed by atoms with E-state index < -0.39 is 0 Å². The largest absolute Gasteiger partial charge is 0.348 e. The molecule has 1 aromatic rings. The molecule has 14 heavy (non-hydrogen) atoms. The molecule has 0 bridgehead atoms. The molecular weight excluding hydrogens is 174 g/mol. The molecule has 1 heterocycles. The van der Waals surface area contributed by atoms with E-state index in [0.717, 1.165) is 17.7 Å². The molecule has 1 aliphatic carbocycles. The molecule has 72 valence electrons. The van der Waals surface area contributed by atoms with E-state index in [2.05, 4.69) is 12.2 Å². The van der Waals surface area contributed by atoms with Gasteiger partial charge in [0.05, 0.1) is 5.69 Å². The van der Waals surface area contributed by atoms with Gasteiger partial charge in [-0.2, -0.15) is 0 Å². The van der Waals surface area contributed by atoms with E-state index >= 15 is 0 Å². The van der Waals surface area contributed by atoms with Gasteiger partial charge in [0, 0.05) is 25.7 Å². The van der Waals surface area contributed by atoms with Crippen LogP contribution in [0.15, 0.2) is 30.5 Å². The first kappa shape index (κ1) is 9.00. The molecule has 0 aliphatic heterocycles. The summed E-state index contributed by atoms with van der Waals surface area (Å²) in [7, 11) is 1.91. The fourth-order valence-corrected chi connectivity index (χ4v) is 1.87. The molecule has 0 saturated carbocycles. The fraction of sp³-hybridized carbons (Fsp3) is 0.250. The predicted molar refractivity (Wildman–Crippen MR) is 57.2 cm³/mol. The molecular formula is C12H13NO. The highest BCUT2D eigenvalue weighted by atomic mass is 16.1. The zero-order valence-corrected chi connectivity index (χ0v) is 8.45. The molecule has 0 fully saturated rings. The lowest BCUT2D eigenvalue weighted by molar-refractivity contribution is 0.101. The highest BCUT2D eigenvalue weighted by molar-refractivity contribution is 5.98. The number of carbonyl (C=O) groups is 1. The van der Waals surface area contributed by atoms with Gasteiger partial charge in [0.2, 0.25) is 0 Å². The Morgan fingerprint density at radius 1 is 1.50 bits per heavy atom. The van der Waals surface area contributed by atoms with Crippen molar-refractivity contribution in [2.24, 2.45) is 7.05 Å². The SMILES string of the molecule is CC(=O)c1c(C2=CC=CC2)ccn1C. The van der Waals surface area contributed by atoms with Gasteiger partial charge in [-0.05, 0) is 18.1 Å². The maximum absolute atomic E-state index is 11.4. The van der Waals surface area contributed by atoms with Crippen LogP contribution in [0.2, 0.25) is 0 Å². The zero-order valence-electron chi connectivity index (χ0n) is 8.45. The molecule has 0 radical (unpaired) electrons. The number of hydrogen-bond acceptors (Lipinski definition) is 1. The average molecular weight is 187 g/mol. The number of Topliss-reactive ketones (excluding diaryl/α,β-unsaturated/α-hetero) is 1. The van der Waals surface area contributed by atoms with Crippen LogP contribution in [-0.4, -0.2) is 10.4 Å². The summed E-state index contributed by atoms with van der Waals surface area (Å²) in [6.07, 6.45) is 9.08. The molecule has 0 saturated heterocycles. The van der Waals surface area contributed by atoms with Crippen molar-refractivity contribution < 1.29 is 4.79 Å². The number of rotatable bonds is 2. The Morgan fingerprint density at radius 3 is 2.86 bits per heavy atom. The van der Waals surface area contributed by atoms with Gasteiger partial charge in [-0.3, -0.25) is 4.79 Å². The number of hydrogen-bond donors (Lipinski definition) is 0. The van der Waals surface area contributed by atoms with Crippen molar-refractivity contribution in [1.29, 1.82) is 0 Å². The van der Waals surface area contributed by atoms with Crippen LogP contribution in [-0.2, 0) is 7.05 Å². The Bertz CT molecular complexity index is 435. The molecule has 0 N–H and O–H groups in total. The Labute approximate surface area is 83.5 Å². The van der Waals surface area contributed by atoms with Crippen LogP contribution < -0.4 is 0 Å². The topological polar surface area (TPSA) is 22.0 Å². The van der Waals surface area contributed by atoms with Gasteiger partial charge < -0.3 is 4.57 Å². The smallest absolute Gasteiger partial charge is 0.176 e. The summed E-state index contributed by atoms with van der Waals surface area (Å²) in [5, 5.41) is 0. The lowest BCUT2D eigenvalue weighted by Crippen LogP contribution is -2.03. The first-order chi connectivity index (χ1) is 6.70. The van der Waals surface area contributed by atoms with Crippen molar-refractivity contribution in [3.63, 3.8) is 0 Å². The van der Waals surface area contributed by atoms with Crippen LogP contribution >= 0.6 is 0 Å². The van der Waals surface area contributed by atoms with Gasteiger partial charge >= 0.3 is 0 Å². The van der Waals surface area contributed by atoms with Crippen molar-refractivity contribution in [2.45, 2.75) is 13.3 Å². The van der Waals surface area contributed by atoms with Crippen LogP contribution in [0.4, 0.5) is 0 Å². The van der Waals surface area contributed by atoms with Crippen LogP contribution in [0, 0.1) is 0 Å². The molecule has 1 aromatic heterocycles. The minimum Gasteiger partial charge on any atom is -0.348 e. The summed E-state index contributed by atoms with van der Waals surface area (Å²) in [6.45, 7) is 1.61. The zero-order chi connectivity index (χ0) is 10.1. The predicted octanol–water partition coefficient (Wildman–Crippen LogP) is 2.57. The second kappa shape index (κ2) is 3.29. The summed E-state index contributed by atoms with van der Waals surface area (Å²) < 4.78 is 1.89. The van der Waals surface area contributed by atoms with Crippen LogP contribution in [0.5, 0.6) is 0 Å². The van der Waals surface area contributed by atoms with E-state index in [1.807, 2.05) is 30.0 Å². The van der Waals surface area contributed by atoms with E-state index in [1.165, 1.54) is 5.57 Å². The minimum atomic E-state index is 0.125. The van der Waals surface area contributed by atoms with Gasteiger partial charge in [-0.1, -0.05) is 18.2 Å². The quantitative estimate of drug-likeness (QED) is 0.652. The van der Waals surface area contributed by atoms with E-state index in [4.69, 9.17) is 0 Å². The lowest BCUT2D eigenvalue weighted by Gasteiger charge is -2.04. The van der Waals surface area contributed by atoms with Crippen LogP contribution in [0.3, 0.4) is 0 Å². The minimum absolute atomic E-state index is 0.125.